The summed E-state index contributed by atoms with van der Waals surface area (Å²) in [7, 11) is 1.98. The lowest BCUT2D eigenvalue weighted by Gasteiger charge is -2.19. The highest BCUT2D eigenvalue weighted by molar-refractivity contribution is 5.57. The summed E-state index contributed by atoms with van der Waals surface area (Å²) < 4.78 is 0. The van der Waals surface area contributed by atoms with Crippen LogP contribution in [0.5, 0.6) is 0 Å². The van der Waals surface area contributed by atoms with E-state index < -0.39 is 0 Å². The van der Waals surface area contributed by atoms with Gasteiger partial charge in [-0.15, -0.1) is 0 Å². The van der Waals surface area contributed by atoms with Crippen LogP contribution in [0.15, 0.2) is 30.3 Å². The van der Waals surface area contributed by atoms with Gasteiger partial charge in [-0.3, -0.25) is 0 Å². The van der Waals surface area contributed by atoms with E-state index in [-0.39, 0.29) is 0 Å². The zero-order valence-electron chi connectivity index (χ0n) is 12.6. The van der Waals surface area contributed by atoms with Gasteiger partial charge in [0.2, 0.25) is 5.95 Å². The van der Waals surface area contributed by atoms with Crippen LogP contribution in [0.2, 0.25) is 0 Å². The molecule has 0 aliphatic rings. The average molecular weight is 270 g/mol. The topological polar surface area (TPSA) is 55.0 Å². The smallest absolute Gasteiger partial charge is 0.230 e. The first-order valence-corrected chi connectivity index (χ1v) is 6.89. The van der Waals surface area contributed by atoms with E-state index in [4.69, 9.17) is 5.73 Å². The fourth-order valence-electron chi connectivity index (χ4n) is 2.03. The summed E-state index contributed by atoms with van der Waals surface area (Å²) in [5, 5.41) is 0. The number of rotatable bonds is 4. The third-order valence-electron chi connectivity index (χ3n) is 3.29. The van der Waals surface area contributed by atoms with Crippen LogP contribution < -0.4 is 10.6 Å². The monoisotopic (exact) mass is 270 g/mol. The van der Waals surface area contributed by atoms with Crippen molar-refractivity contribution in [1.29, 1.82) is 0 Å². The molecule has 0 bridgehead atoms. The number of hydrogen-bond donors (Lipinski definition) is 1. The number of nitrogens with two attached hydrogens (primary N) is 1. The number of nitrogens with zero attached hydrogens (tertiary/aromatic N) is 3. The first-order valence-electron chi connectivity index (χ1n) is 6.89. The molecule has 0 saturated carbocycles. The average Bonchev–Trinajstić information content (AvgIpc) is 2.45. The van der Waals surface area contributed by atoms with Crippen molar-refractivity contribution >= 4 is 11.6 Å². The Hall–Kier alpha value is -1.94. The molecule has 2 rings (SSSR count). The van der Waals surface area contributed by atoms with E-state index in [9.17, 15) is 0 Å². The highest BCUT2D eigenvalue weighted by atomic mass is 15.2. The second kappa shape index (κ2) is 6.01. The zero-order valence-corrected chi connectivity index (χ0v) is 12.6. The van der Waals surface area contributed by atoms with Crippen molar-refractivity contribution in [3.8, 4) is 0 Å². The van der Waals surface area contributed by atoms with Crippen molar-refractivity contribution in [2.75, 3.05) is 11.9 Å². The fourth-order valence-corrected chi connectivity index (χ4v) is 2.03. The number of aromatic nitrogens is 2. The minimum Gasteiger partial charge on any atom is -0.326 e. The molecule has 0 fully saturated rings. The first kappa shape index (κ1) is 14.5. The molecule has 0 unspecified atom stereocenters. The molecule has 2 N–H and O–H groups in total. The van der Waals surface area contributed by atoms with Gasteiger partial charge < -0.3 is 10.6 Å². The van der Waals surface area contributed by atoms with Crippen LogP contribution in [0.25, 0.3) is 0 Å². The van der Waals surface area contributed by atoms with Gasteiger partial charge in [-0.1, -0.05) is 26.0 Å². The van der Waals surface area contributed by atoms with Crippen LogP contribution in [0.3, 0.4) is 0 Å². The van der Waals surface area contributed by atoms with Crippen molar-refractivity contribution in [3.63, 3.8) is 0 Å². The minimum atomic E-state index is 0.388. The van der Waals surface area contributed by atoms with Gasteiger partial charge in [-0.2, -0.15) is 0 Å². The summed E-state index contributed by atoms with van der Waals surface area (Å²) in [6.45, 7) is 6.82. The lowest BCUT2D eigenvalue weighted by Crippen LogP contribution is -2.15. The molecule has 2 aromatic rings. The first-order chi connectivity index (χ1) is 9.51. The van der Waals surface area contributed by atoms with Gasteiger partial charge in [-0.05, 0) is 36.6 Å². The maximum absolute atomic E-state index is 5.70. The molecular weight excluding hydrogens is 248 g/mol. The van der Waals surface area contributed by atoms with Gasteiger partial charge in [0.05, 0.1) is 0 Å². The van der Waals surface area contributed by atoms with Crippen molar-refractivity contribution in [2.24, 2.45) is 5.73 Å². The Morgan fingerprint density at radius 1 is 1.20 bits per heavy atom. The molecule has 20 heavy (non-hydrogen) atoms. The Bertz CT molecular complexity index is 593. The van der Waals surface area contributed by atoms with Crippen molar-refractivity contribution in [2.45, 2.75) is 33.2 Å². The van der Waals surface area contributed by atoms with E-state index >= 15 is 0 Å². The van der Waals surface area contributed by atoms with Crippen molar-refractivity contribution in [1.82, 2.24) is 9.97 Å². The Morgan fingerprint density at radius 3 is 2.60 bits per heavy atom. The van der Waals surface area contributed by atoms with E-state index in [1.165, 1.54) is 0 Å². The Kier molecular flexibility index (Phi) is 4.35. The number of aryl methyl sites for hydroxylation is 1. The summed E-state index contributed by atoms with van der Waals surface area (Å²) in [5.74, 6) is 1.11. The van der Waals surface area contributed by atoms with E-state index in [2.05, 4.69) is 29.9 Å². The molecule has 0 atom stereocenters. The highest BCUT2D eigenvalue weighted by Gasteiger charge is 2.11. The molecule has 0 aliphatic heterocycles. The maximum atomic E-state index is 5.70. The van der Waals surface area contributed by atoms with Crippen LogP contribution in [0.1, 0.15) is 36.7 Å². The van der Waals surface area contributed by atoms with Crippen LogP contribution in [0, 0.1) is 6.92 Å². The maximum Gasteiger partial charge on any atom is 0.230 e. The van der Waals surface area contributed by atoms with Crippen LogP contribution >= 0.6 is 0 Å². The van der Waals surface area contributed by atoms with E-state index in [1.807, 2.05) is 43.1 Å². The number of anilines is 2. The van der Waals surface area contributed by atoms with Gasteiger partial charge in [0, 0.05) is 30.7 Å². The summed E-state index contributed by atoms with van der Waals surface area (Å²) >= 11 is 0. The predicted molar refractivity (Wildman–Crippen MR) is 83.3 cm³/mol. The third kappa shape index (κ3) is 3.14. The van der Waals surface area contributed by atoms with Gasteiger partial charge in [0.1, 0.15) is 0 Å². The highest BCUT2D eigenvalue weighted by Crippen LogP contribution is 2.23. The second-order valence-electron chi connectivity index (χ2n) is 5.32. The fraction of sp³-hybridized carbons (Fsp3) is 0.375. The molecule has 0 radical (unpaired) electrons. The van der Waals surface area contributed by atoms with Gasteiger partial charge in [0.25, 0.3) is 0 Å². The lowest BCUT2D eigenvalue weighted by molar-refractivity contribution is 0.804. The standard InChI is InChI=1S/C16H22N4/c1-11(2)15-8-12(3)18-16(19-15)20(4)14-7-5-6-13(9-14)10-17/h5-9,11H,10,17H2,1-4H3. The van der Waals surface area contributed by atoms with Crippen LogP contribution in [-0.4, -0.2) is 17.0 Å². The molecule has 4 nitrogen and oxygen atoms in total. The molecular formula is C16H22N4. The number of hydrogen-bond acceptors (Lipinski definition) is 4. The molecule has 106 valence electrons. The SMILES string of the molecule is Cc1cc(C(C)C)nc(N(C)c2cccc(CN)c2)n1. The van der Waals surface area contributed by atoms with Crippen molar-refractivity contribution < 1.29 is 0 Å². The van der Waals surface area contributed by atoms with E-state index in [0.717, 1.165) is 28.6 Å². The van der Waals surface area contributed by atoms with Crippen molar-refractivity contribution in [3.05, 3.63) is 47.3 Å². The lowest BCUT2D eigenvalue weighted by atomic mass is 10.1. The number of benzene rings is 1. The molecule has 0 aliphatic carbocycles. The summed E-state index contributed by atoms with van der Waals surface area (Å²) in [4.78, 5) is 11.2. The molecule has 1 aromatic carbocycles. The van der Waals surface area contributed by atoms with Gasteiger partial charge >= 0.3 is 0 Å². The molecule has 4 heteroatoms. The summed E-state index contributed by atoms with van der Waals surface area (Å²) in [5.41, 5.74) is 9.90. The quantitative estimate of drug-likeness (QED) is 0.927. The molecule has 0 saturated heterocycles. The van der Waals surface area contributed by atoms with E-state index in [1.54, 1.807) is 0 Å². The van der Waals surface area contributed by atoms with Crippen LogP contribution in [-0.2, 0) is 6.54 Å². The minimum absolute atomic E-state index is 0.388. The second-order valence-corrected chi connectivity index (χ2v) is 5.32. The Morgan fingerprint density at radius 2 is 1.95 bits per heavy atom. The van der Waals surface area contributed by atoms with Crippen LogP contribution in [0.4, 0.5) is 11.6 Å². The third-order valence-corrected chi connectivity index (χ3v) is 3.29. The predicted octanol–water partition coefficient (Wildman–Crippen LogP) is 3.14. The molecule has 0 spiro atoms. The summed E-state index contributed by atoms with van der Waals surface area (Å²) in [6.07, 6.45) is 0. The molecule has 1 aromatic heterocycles. The largest absolute Gasteiger partial charge is 0.326 e. The van der Waals surface area contributed by atoms with Gasteiger partial charge in [0.15, 0.2) is 0 Å². The summed E-state index contributed by atoms with van der Waals surface area (Å²) in [6, 6.07) is 10.2. The normalized spacial score (nSPS) is 10.9. The molecule has 1 heterocycles. The Labute approximate surface area is 120 Å². The van der Waals surface area contributed by atoms with Gasteiger partial charge in [-0.25, -0.2) is 9.97 Å². The van der Waals surface area contributed by atoms with E-state index in [0.29, 0.717) is 12.5 Å². The molecule has 0 amide bonds. The Balaban J connectivity index is 2.39. The zero-order chi connectivity index (χ0) is 14.7.